The highest BCUT2D eigenvalue weighted by molar-refractivity contribution is 5.90. The molecule has 1 aromatic carbocycles. The molecule has 100 valence electrons. The Bertz CT molecular complexity index is 502. The number of aryl methyl sites for hydroxylation is 1. The molecule has 0 spiro atoms. The van der Waals surface area contributed by atoms with Crippen LogP contribution >= 0.6 is 0 Å². The second-order valence-corrected chi connectivity index (χ2v) is 4.50. The van der Waals surface area contributed by atoms with E-state index in [1.165, 1.54) is 0 Å². The Morgan fingerprint density at radius 1 is 1.58 bits per heavy atom. The van der Waals surface area contributed by atoms with Crippen molar-refractivity contribution in [1.82, 2.24) is 5.32 Å². The summed E-state index contributed by atoms with van der Waals surface area (Å²) in [6.45, 7) is 3.26. The average Bonchev–Trinajstić information content (AvgIpc) is 2.91. The molecule has 0 radical (unpaired) electrons. The number of urea groups is 1. The molecule has 5 heteroatoms. The lowest BCUT2D eigenvalue weighted by molar-refractivity contribution is 0.189. The third-order valence-electron chi connectivity index (χ3n) is 3.13. The van der Waals surface area contributed by atoms with Crippen molar-refractivity contribution in [3.63, 3.8) is 0 Å². The molecule has 0 unspecified atom stereocenters. The number of anilines is 1. The molecule has 0 aromatic heterocycles. The highest BCUT2D eigenvalue weighted by Crippen LogP contribution is 2.18. The van der Waals surface area contributed by atoms with Crippen LogP contribution in [0, 0.1) is 11.3 Å². The van der Waals surface area contributed by atoms with Gasteiger partial charge in [-0.15, -0.1) is 0 Å². The number of benzene rings is 1. The summed E-state index contributed by atoms with van der Waals surface area (Å²) in [5.74, 6) is 0. The predicted octanol–water partition coefficient (Wildman–Crippen LogP) is 2.03. The predicted molar refractivity (Wildman–Crippen MR) is 71.9 cm³/mol. The molecule has 5 nitrogen and oxygen atoms in total. The van der Waals surface area contributed by atoms with Crippen LogP contribution in [0.5, 0.6) is 0 Å². The number of rotatable bonds is 3. The maximum absolute atomic E-state index is 11.8. The van der Waals surface area contributed by atoms with Gasteiger partial charge < -0.3 is 15.4 Å². The first kappa shape index (κ1) is 13.4. The largest absolute Gasteiger partial charge is 0.379 e. The minimum Gasteiger partial charge on any atom is -0.379 e. The fraction of sp³-hybridized carbons (Fsp3) is 0.429. The summed E-state index contributed by atoms with van der Waals surface area (Å²) in [4.78, 5) is 11.8. The van der Waals surface area contributed by atoms with E-state index in [0.717, 1.165) is 24.1 Å². The summed E-state index contributed by atoms with van der Waals surface area (Å²) in [6.07, 6.45) is 1.61. The van der Waals surface area contributed by atoms with Crippen molar-refractivity contribution in [2.75, 3.05) is 18.5 Å². The van der Waals surface area contributed by atoms with Crippen LogP contribution in [0.25, 0.3) is 0 Å². The molecule has 2 amide bonds. The fourth-order valence-electron chi connectivity index (χ4n) is 2.07. The summed E-state index contributed by atoms with van der Waals surface area (Å²) >= 11 is 0. The summed E-state index contributed by atoms with van der Waals surface area (Å²) in [7, 11) is 0. The van der Waals surface area contributed by atoms with Gasteiger partial charge in [0.1, 0.15) is 0 Å². The van der Waals surface area contributed by atoms with Crippen LogP contribution in [0.2, 0.25) is 0 Å². The normalized spacial score (nSPS) is 17.8. The van der Waals surface area contributed by atoms with Crippen LogP contribution in [0.15, 0.2) is 18.2 Å². The van der Waals surface area contributed by atoms with Gasteiger partial charge in [0.15, 0.2) is 0 Å². The Morgan fingerprint density at radius 3 is 3.05 bits per heavy atom. The number of carbonyl (C=O) groups excluding carboxylic acids is 1. The van der Waals surface area contributed by atoms with E-state index < -0.39 is 0 Å². The van der Waals surface area contributed by atoms with Gasteiger partial charge in [0.25, 0.3) is 0 Å². The first-order valence-electron chi connectivity index (χ1n) is 6.41. The lowest BCUT2D eigenvalue weighted by atomic mass is 10.1. The number of amides is 2. The van der Waals surface area contributed by atoms with Gasteiger partial charge in [-0.05, 0) is 36.6 Å². The van der Waals surface area contributed by atoms with Crippen LogP contribution in [-0.4, -0.2) is 25.3 Å². The van der Waals surface area contributed by atoms with Crippen molar-refractivity contribution in [2.45, 2.75) is 25.8 Å². The van der Waals surface area contributed by atoms with Crippen LogP contribution < -0.4 is 10.6 Å². The molecule has 1 aromatic rings. The van der Waals surface area contributed by atoms with Crippen molar-refractivity contribution in [3.05, 3.63) is 29.3 Å². The quantitative estimate of drug-likeness (QED) is 0.872. The number of ether oxygens (including phenoxy) is 1. The average molecular weight is 259 g/mol. The first-order valence-corrected chi connectivity index (χ1v) is 6.41. The number of hydrogen-bond acceptors (Lipinski definition) is 3. The van der Waals surface area contributed by atoms with E-state index in [1.807, 2.05) is 6.92 Å². The SMILES string of the molecule is CCc1cc(C#N)ccc1NC(=O)N[C@@H]1CCOC1. The zero-order valence-electron chi connectivity index (χ0n) is 10.9. The van der Waals surface area contributed by atoms with Gasteiger partial charge >= 0.3 is 6.03 Å². The van der Waals surface area contributed by atoms with Gasteiger partial charge in [-0.1, -0.05) is 6.92 Å². The maximum Gasteiger partial charge on any atom is 0.319 e. The summed E-state index contributed by atoms with van der Waals surface area (Å²) in [5.41, 5.74) is 2.31. The molecule has 1 aliphatic rings. The molecule has 1 atom stereocenters. The smallest absolute Gasteiger partial charge is 0.319 e. The molecule has 1 aliphatic heterocycles. The van der Waals surface area contributed by atoms with Crippen molar-refractivity contribution in [1.29, 1.82) is 5.26 Å². The Morgan fingerprint density at radius 2 is 2.42 bits per heavy atom. The standard InChI is InChI=1S/C14H17N3O2/c1-2-11-7-10(8-15)3-4-13(11)17-14(18)16-12-5-6-19-9-12/h3-4,7,12H,2,5-6,9H2,1H3,(H2,16,17,18)/t12-/m1/s1. The third kappa shape index (κ3) is 3.46. The van der Waals surface area contributed by atoms with Crippen LogP contribution in [-0.2, 0) is 11.2 Å². The molecular weight excluding hydrogens is 242 g/mol. The maximum atomic E-state index is 11.8. The Labute approximate surface area is 112 Å². The molecular formula is C14H17N3O2. The van der Waals surface area contributed by atoms with Crippen molar-refractivity contribution in [3.8, 4) is 6.07 Å². The van der Waals surface area contributed by atoms with Crippen molar-refractivity contribution in [2.24, 2.45) is 0 Å². The first-order chi connectivity index (χ1) is 9.22. The Hall–Kier alpha value is -2.06. The molecule has 0 bridgehead atoms. The number of nitrogens with zero attached hydrogens (tertiary/aromatic N) is 1. The minimum atomic E-state index is -0.227. The molecule has 19 heavy (non-hydrogen) atoms. The van der Waals surface area contributed by atoms with E-state index in [9.17, 15) is 4.79 Å². The van der Waals surface area contributed by atoms with E-state index in [4.69, 9.17) is 10.00 Å². The van der Waals surface area contributed by atoms with E-state index in [-0.39, 0.29) is 12.1 Å². The summed E-state index contributed by atoms with van der Waals surface area (Å²) in [5, 5.41) is 14.5. The van der Waals surface area contributed by atoms with Gasteiger partial charge in [0.2, 0.25) is 0 Å². The zero-order valence-corrected chi connectivity index (χ0v) is 10.9. The van der Waals surface area contributed by atoms with E-state index >= 15 is 0 Å². The second-order valence-electron chi connectivity index (χ2n) is 4.50. The van der Waals surface area contributed by atoms with Gasteiger partial charge in [-0.2, -0.15) is 5.26 Å². The second kappa shape index (κ2) is 6.21. The Balaban J connectivity index is 2.01. The molecule has 0 aliphatic carbocycles. The van der Waals surface area contributed by atoms with E-state index in [2.05, 4.69) is 16.7 Å². The third-order valence-corrected chi connectivity index (χ3v) is 3.13. The lowest BCUT2D eigenvalue weighted by Crippen LogP contribution is -2.38. The lowest BCUT2D eigenvalue weighted by Gasteiger charge is -2.14. The van der Waals surface area contributed by atoms with E-state index in [1.54, 1.807) is 18.2 Å². The number of carbonyl (C=O) groups is 1. The fourth-order valence-corrected chi connectivity index (χ4v) is 2.07. The highest BCUT2D eigenvalue weighted by atomic mass is 16.5. The minimum absolute atomic E-state index is 0.0865. The van der Waals surface area contributed by atoms with E-state index in [0.29, 0.717) is 18.8 Å². The summed E-state index contributed by atoms with van der Waals surface area (Å²) in [6, 6.07) is 7.22. The molecule has 1 heterocycles. The van der Waals surface area contributed by atoms with Crippen LogP contribution in [0.1, 0.15) is 24.5 Å². The van der Waals surface area contributed by atoms with Crippen LogP contribution in [0.4, 0.5) is 10.5 Å². The van der Waals surface area contributed by atoms with Gasteiger partial charge in [-0.3, -0.25) is 0 Å². The molecule has 0 saturated carbocycles. The van der Waals surface area contributed by atoms with Gasteiger partial charge in [0.05, 0.1) is 24.3 Å². The topological polar surface area (TPSA) is 74.2 Å². The van der Waals surface area contributed by atoms with Crippen molar-refractivity contribution >= 4 is 11.7 Å². The molecule has 2 rings (SSSR count). The number of hydrogen-bond donors (Lipinski definition) is 2. The van der Waals surface area contributed by atoms with Crippen LogP contribution in [0.3, 0.4) is 0 Å². The summed E-state index contributed by atoms with van der Waals surface area (Å²) < 4.78 is 5.20. The van der Waals surface area contributed by atoms with Crippen molar-refractivity contribution < 1.29 is 9.53 Å². The van der Waals surface area contributed by atoms with Gasteiger partial charge in [-0.25, -0.2) is 4.79 Å². The highest BCUT2D eigenvalue weighted by Gasteiger charge is 2.18. The molecule has 2 N–H and O–H groups in total. The monoisotopic (exact) mass is 259 g/mol. The zero-order chi connectivity index (χ0) is 13.7. The molecule has 1 fully saturated rings. The van der Waals surface area contributed by atoms with Gasteiger partial charge in [0, 0.05) is 12.3 Å². The number of nitriles is 1. The molecule has 1 saturated heterocycles. The Kier molecular flexibility index (Phi) is 4.37. The number of nitrogens with one attached hydrogen (secondary N) is 2.